The van der Waals surface area contributed by atoms with E-state index in [1.165, 1.54) is 23.1 Å². The second-order valence-corrected chi connectivity index (χ2v) is 10.0. The zero-order valence-electron chi connectivity index (χ0n) is 20.0. The Morgan fingerprint density at radius 3 is 2.35 bits per heavy atom. The number of rotatable bonds is 13. The summed E-state index contributed by atoms with van der Waals surface area (Å²) in [6.45, 7) is 4.05. The molecule has 0 spiro atoms. The summed E-state index contributed by atoms with van der Waals surface area (Å²) in [5, 5.41) is 2.88. The van der Waals surface area contributed by atoms with Gasteiger partial charge in [0.25, 0.3) is 0 Å². The van der Waals surface area contributed by atoms with Crippen molar-refractivity contribution >= 4 is 27.5 Å². The van der Waals surface area contributed by atoms with Crippen molar-refractivity contribution in [2.24, 2.45) is 0 Å². The van der Waals surface area contributed by atoms with E-state index in [-0.39, 0.29) is 18.1 Å². The van der Waals surface area contributed by atoms with Gasteiger partial charge >= 0.3 is 0 Å². The van der Waals surface area contributed by atoms with Gasteiger partial charge in [-0.2, -0.15) is 0 Å². The Bertz CT molecular complexity index is 1050. The van der Waals surface area contributed by atoms with Gasteiger partial charge in [0, 0.05) is 13.1 Å². The van der Waals surface area contributed by atoms with E-state index in [4.69, 9.17) is 0 Å². The maximum atomic E-state index is 13.8. The van der Waals surface area contributed by atoms with E-state index in [0.29, 0.717) is 19.4 Å². The van der Waals surface area contributed by atoms with E-state index in [9.17, 15) is 22.4 Å². The monoisotopic (exact) mass is 491 g/mol. The topological polar surface area (TPSA) is 86.8 Å². The first-order valence-electron chi connectivity index (χ1n) is 11.5. The van der Waals surface area contributed by atoms with Crippen LogP contribution in [0.5, 0.6) is 0 Å². The predicted octanol–water partition coefficient (Wildman–Crippen LogP) is 3.36. The van der Waals surface area contributed by atoms with Crippen LogP contribution in [-0.2, 0) is 26.0 Å². The number of benzene rings is 2. The van der Waals surface area contributed by atoms with Crippen LogP contribution in [-0.4, -0.2) is 57.1 Å². The van der Waals surface area contributed by atoms with E-state index in [1.807, 2.05) is 44.2 Å². The van der Waals surface area contributed by atoms with Gasteiger partial charge in [0.05, 0.1) is 11.9 Å². The second kappa shape index (κ2) is 13.1. The molecule has 0 bridgehead atoms. The number of hydrogen-bond donors (Lipinski definition) is 1. The molecule has 7 nitrogen and oxygen atoms in total. The molecule has 2 rings (SSSR count). The maximum absolute atomic E-state index is 13.8. The van der Waals surface area contributed by atoms with E-state index in [0.717, 1.165) is 35.0 Å². The lowest BCUT2D eigenvalue weighted by molar-refractivity contribution is -0.139. The van der Waals surface area contributed by atoms with E-state index in [2.05, 4.69) is 5.32 Å². The van der Waals surface area contributed by atoms with Crippen molar-refractivity contribution in [3.05, 3.63) is 66.0 Å². The predicted molar refractivity (Wildman–Crippen MR) is 132 cm³/mol. The Balaban J connectivity index is 2.32. The molecule has 0 saturated heterocycles. The van der Waals surface area contributed by atoms with Gasteiger partial charge in [0.2, 0.25) is 21.8 Å². The fourth-order valence-corrected chi connectivity index (χ4v) is 4.49. The van der Waals surface area contributed by atoms with Gasteiger partial charge in [-0.25, -0.2) is 12.8 Å². The highest BCUT2D eigenvalue weighted by Gasteiger charge is 2.31. The quantitative estimate of drug-likeness (QED) is 0.436. The molecule has 0 aliphatic heterocycles. The van der Waals surface area contributed by atoms with Crippen LogP contribution in [0.2, 0.25) is 0 Å². The summed E-state index contributed by atoms with van der Waals surface area (Å²) in [6, 6.07) is 13.9. The number of unbranched alkanes of at least 4 members (excludes halogenated alkanes) is 1. The third-order valence-electron chi connectivity index (χ3n) is 5.48. The van der Waals surface area contributed by atoms with Crippen molar-refractivity contribution in [3.63, 3.8) is 0 Å². The standard InChI is InChI=1S/C25H34FN3O4S/c1-4-6-16-27-25(31)23(5-2)28(17-15-20-11-8-7-9-12-20)24(30)19-29(34(3,32)33)22-14-10-13-21(26)18-22/h7-14,18,23H,4-6,15-17,19H2,1-3H3,(H,27,31)/t23-/m0/s1. The largest absolute Gasteiger partial charge is 0.354 e. The Kier molecular flexibility index (Phi) is 10.5. The minimum atomic E-state index is -3.88. The van der Waals surface area contributed by atoms with E-state index < -0.39 is 34.3 Å². The molecule has 0 saturated carbocycles. The number of carbonyl (C=O) groups excluding carboxylic acids is 2. The second-order valence-electron chi connectivity index (χ2n) is 8.14. The number of nitrogens with zero attached hydrogens (tertiary/aromatic N) is 2. The molecule has 2 amide bonds. The summed E-state index contributed by atoms with van der Waals surface area (Å²) >= 11 is 0. The van der Waals surface area contributed by atoms with Crippen LogP contribution in [0, 0.1) is 5.82 Å². The number of anilines is 1. The molecule has 0 aromatic heterocycles. The van der Waals surface area contributed by atoms with Crippen LogP contribution in [0.3, 0.4) is 0 Å². The van der Waals surface area contributed by atoms with Gasteiger partial charge in [-0.1, -0.05) is 56.7 Å². The minimum Gasteiger partial charge on any atom is -0.354 e. The summed E-state index contributed by atoms with van der Waals surface area (Å²) in [6.07, 6.45) is 3.59. The van der Waals surface area contributed by atoms with Crippen LogP contribution >= 0.6 is 0 Å². The average Bonchev–Trinajstić information content (AvgIpc) is 2.80. The van der Waals surface area contributed by atoms with Crippen molar-refractivity contribution in [3.8, 4) is 0 Å². The first-order valence-corrected chi connectivity index (χ1v) is 13.4. The number of halogens is 1. The van der Waals surface area contributed by atoms with Crippen molar-refractivity contribution in [2.75, 3.05) is 30.2 Å². The summed E-state index contributed by atoms with van der Waals surface area (Å²) < 4.78 is 39.6. The molecule has 34 heavy (non-hydrogen) atoms. The van der Waals surface area contributed by atoms with Crippen molar-refractivity contribution in [2.45, 2.75) is 45.6 Å². The molecule has 1 N–H and O–H groups in total. The Morgan fingerprint density at radius 2 is 1.76 bits per heavy atom. The third-order valence-corrected chi connectivity index (χ3v) is 6.62. The fraction of sp³-hybridized carbons (Fsp3) is 0.440. The molecule has 2 aromatic rings. The lowest BCUT2D eigenvalue weighted by atomic mass is 10.1. The number of sulfonamides is 1. The van der Waals surface area contributed by atoms with Gasteiger partial charge in [-0.05, 0) is 43.0 Å². The van der Waals surface area contributed by atoms with Crippen LogP contribution in [0.1, 0.15) is 38.7 Å². The molecule has 1 atom stereocenters. The zero-order valence-corrected chi connectivity index (χ0v) is 20.9. The molecule has 0 aliphatic rings. The van der Waals surface area contributed by atoms with E-state index in [1.54, 1.807) is 0 Å². The smallest absolute Gasteiger partial charge is 0.244 e. The molecular weight excluding hydrogens is 457 g/mol. The highest BCUT2D eigenvalue weighted by Crippen LogP contribution is 2.20. The molecule has 0 heterocycles. The van der Waals surface area contributed by atoms with Crippen molar-refractivity contribution in [1.29, 1.82) is 0 Å². The van der Waals surface area contributed by atoms with Gasteiger partial charge in [0.1, 0.15) is 18.4 Å². The molecular formula is C25H34FN3O4S. The maximum Gasteiger partial charge on any atom is 0.244 e. The summed E-state index contributed by atoms with van der Waals surface area (Å²) in [7, 11) is -3.88. The van der Waals surface area contributed by atoms with Crippen LogP contribution in [0.15, 0.2) is 54.6 Å². The number of amides is 2. The number of hydrogen-bond acceptors (Lipinski definition) is 4. The van der Waals surface area contributed by atoms with Crippen molar-refractivity contribution < 1.29 is 22.4 Å². The lowest BCUT2D eigenvalue weighted by Gasteiger charge is -2.32. The Hall–Kier alpha value is -2.94. The molecule has 0 fully saturated rings. The van der Waals surface area contributed by atoms with E-state index >= 15 is 0 Å². The molecule has 0 aliphatic carbocycles. The molecule has 2 aromatic carbocycles. The zero-order chi connectivity index (χ0) is 25.1. The van der Waals surface area contributed by atoms with Gasteiger partial charge in [0.15, 0.2) is 0 Å². The van der Waals surface area contributed by atoms with Crippen LogP contribution in [0.25, 0.3) is 0 Å². The van der Waals surface area contributed by atoms with Gasteiger partial charge < -0.3 is 10.2 Å². The summed E-state index contributed by atoms with van der Waals surface area (Å²) in [5.41, 5.74) is 1.05. The molecule has 0 radical (unpaired) electrons. The van der Waals surface area contributed by atoms with Gasteiger partial charge in [-0.15, -0.1) is 0 Å². The van der Waals surface area contributed by atoms with Crippen LogP contribution in [0.4, 0.5) is 10.1 Å². The number of carbonyl (C=O) groups is 2. The highest BCUT2D eigenvalue weighted by atomic mass is 32.2. The van der Waals surface area contributed by atoms with Gasteiger partial charge in [-0.3, -0.25) is 13.9 Å². The lowest BCUT2D eigenvalue weighted by Crippen LogP contribution is -2.53. The van der Waals surface area contributed by atoms with Crippen molar-refractivity contribution in [1.82, 2.24) is 10.2 Å². The summed E-state index contributed by atoms with van der Waals surface area (Å²) in [5.74, 6) is -1.40. The molecule has 186 valence electrons. The first-order chi connectivity index (χ1) is 16.2. The van der Waals surface area contributed by atoms with Crippen LogP contribution < -0.4 is 9.62 Å². The average molecular weight is 492 g/mol. The Morgan fingerprint density at radius 1 is 1.06 bits per heavy atom. The fourth-order valence-electron chi connectivity index (χ4n) is 3.65. The SMILES string of the molecule is CCCCNC(=O)[C@H](CC)N(CCc1ccccc1)C(=O)CN(c1cccc(F)c1)S(C)(=O)=O. The molecule has 9 heteroatoms. The highest BCUT2D eigenvalue weighted by molar-refractivity contribution is 7.92. The minimum absolute atomic E-state index is 0.0549. The molecule has 0 unspecified atom stereocenters. The third kappa shape index (κ3) is 8.13. The normalized spacial score (nSPS) is 12.1. The Labute approximate surface area is 202 Å². The first kappa shape index (κ1) is 27.3. The summed E-state index contributed by atoms with van der Waals surface area (Å²) in [4.78, 5) is 27.8. The number of nitrogens with one attached hydrogen (secondary N) is 1.